The molecule has 0 atom stereocenters. The number of nitriles is 1. The van der Waals surface area contributed by atoms with Crippen LogP contribution in [0.4, 0.5) is 0 Å². The monoisotopic (exact) mass is 205 g/mol. The molecule has 0 spiro atoms. The van der Waals surface area contributed by atoms with Crippen molar-refractivity contribution in [3.05, 3.63) is 28.8 Å². The molecule has 78 valence electrons. The van der Waals surface area contributed by atoms with Crippen molar-refractivity contribution in [3.8, 4) is 11.8 Å². The van der Waals surface area contributed by atoms with Crippen LogP contribution < -0.4 is 0 Å². The Hall–Kier alpha value is -2.02. The van der Waals surface area contributed by atoms with E-state index in [4.69, 9.17) is 10.4 Å². The Morgan fingerprint density at radius 1 is 1.53 bits per heavy atom. The van der Waals surface area contributed by atoms with Gasteiger partial charge in [-0.05, 0) is 29.7 Å². The van der Waals surface area contributed by atoms with E-state index in [0.29, 0.717) is 23.1 Å². The summed E-state index contributed by atoms with van der Waals surface area (Å²) in [5.74, 6) is -1.04. The van der Waals surface area contributed by atoms with E-state index < -0.39 is 5.97 Å². The summed E-state index contributed by atoms with van der Waals surface area (Å²) in [6.07, 6.45) is 0.401. The highest BCUT2D eigenvalue weighted by Crippen LogP contribution is 2.22. The average Bonchev–Trinajstić information content (AvgIpc) is 2.15. The molecule has 0 aliphatic rings. The number of phenols is 1. The number of hydrogen-bond acceptors (Lipinski definition) is 3. The van der Waals surface area contributed by atoms with Gasteiger partial charge in [-0.2, -0.15) is 5.26 Å². The van der Waals surface area contributed by atoms with E-state index in [1.165, 1.54) is 12.1 Å². The van der Waals surface area contributed by atoms with Gasteiger partial charge in [-0.15, -0.1) is 0 Å². The van der Waals surface area contributed by atoms with Gasteiger partial charge in [-0.25, -0.2) is 0 Å². The van der Waals surface area contributed by atoms with Crippen molar-refractivity contribution in [2.45, 2.75) is 19.8 Å². The van der Waals surface area contributed by atoms with Crippen molar-refractivity contribution in [3.63, 3.8) is 0 Å². The molecule has 0 saturated carbocycles. The lowest BCUT2D eigenvalue weighted by Crippen LogP contribution is -2.04. The molecule has 0 amide bonds. The zero-order chi connectivity index (χ0) is 11.4. The highest BCUT2D eigenvalue weighted by Gasteiger charge is 2.11. The van der Waals surface area contributed by atoms with Crippen molar-refractivity contribution in [2.24, 2.45) is 0 Å². The lowest BCUT2D eigenvalue weighted by Gasteiger charge is -2.08. The quantitative estimate of drug-likeness (QED) is 0.782. The van der Waals surface area contributed by atoms with E-state index in [2.05, 4.69) is 0 Å². The number of aliphatic carboxylic acids is 1. The smallest absolute Gasteiger partial charge is 0.307 e. The number of nitrogens with zero attached hydrogens (tertiary/aromatic N) is 1. The van der Waals surface area contributed by atoms with Crippen LogP contribution in [0.1, 0.15) is 23.6 Å². The van der Waals surface area contributed by atoms with Crippen LogP contribution in [0.2, 0.25) is 0 Å². The third-order valence-corrected chi connectivity index (χ3v) is 2.14. The van der Waals surface area contributed by atoms with Crippen molar-refractivity contribution in [1.82, 2.24) is 0 Å². The van der Waals surface area contributed by atoms with Crippen LogP contribution in [0.5, 0.6) is 5.75 Å². The third kappa shape index (κ3) is 2.47. The lowest BCUT2D eigenvalue weighted by atomic mass is 9.97. The number of benzene rings is 1. The van der Waals surface area contributed by atoms with Crippen LogP contribution in [0.15, 0.2) is 12.1 Å². The Morgan fingerprint density at radius 3 is 2.67 bits per heavy atom. The number of hydrogen-bond donors (Lipinski definition) is 2. The summed E-state index contributed by atoms with van der Waals surface area (Å²) in [5.41, 5.74) is 1.54. The van der Waals surface area contributed by atoms with E-state index in [-0.39, 0.29) is 12.2 Å². The molecule has 4 nitrogen and oxygen atoms in total. The normalized spacial score (nSPS) is 9.60. The Morgan fingerprint density at radius 2 is 2.20 bits per heavy atom. The molecule has 0 saturated heterocycles. The van der Waals surface area contributed by atoms with Gasteiger partial charge in [-0.1, -0.05) is 6.92 Å². The Bertz CT molecular complexity index is 432. The summed E-state index contributed by atoms with van der Waals surface area (Å²) >= 11 is 0. The zero-order valence-corrected chi connectivity index (χ0v) is 8.32. The zero-order valence-electron chi connectivity index (χ0n) is 8.32. The summed E-state index contributed by atoms with van der Waals surface area (Å²) in [6, 6.07) is 4.70. The largest absolute Gasteiger partial charge is 0.508 e. The van der Waals surface area contributed by atoms with Crippen LogP contribution in [0.25, 0.3) is 0 Å². The van der Waals surface area contributed by atoms with Gasteiger partial charge in [0.15, 0.2) is 0 Å². The molecular formula is C11H11NO3. The first-order valence-electron chi connectivity index (χ1n) is 4.55. The molecule has 0 fully saturated rings. The average molecular weight is 205 g/mol. The van der Waals surface area contributed by atoms with Crippen LogP contribution >= 0.6 is 0 Å². The van der Waals surface area contributed by atoms with Crippen LogP contribution in [0, 0.1) is 11.3 Å². The van der Waals surface area contributed by atoms with Gasteiger partial charge in [0.25, 0.3) is 0 Å². The molecular weight excluding hydrogens is 194 g/mol. The van der Waals surface area contributed by atoms with E-state index >= 15 is 0 Å². The molecule has 0 unspecified atom stereocenters. The molecule has 0 aromatic heterocycles. The topological polar surface area (TPSA) is 81.3 Å². The molecule has 1 aromatic carbocycles. The minimum Gasteiger partial charge on any atom is -0.508 e. The molecule has 15 heavy (non-hydrogen) atoms. The van der Waals surface area contributed by atoms with Gasteiger partial charge in [-0.3, -0.25) is 4.79 Å². The molecule has 1 aromatic rings. The predicted molar refractivity (Wildman–Crippen MR) is 53.5 cm³/mol. The fourth-order valence-corrected chi connectivity index (χ4v) is 1.55. The van der Waals surface area contributed by atoms with Gasteiger partial charge in [0, 0.05) is 0 Å². The molecule has 0 aliphatic heterocycles. The van der Waals surface area contributed by atoms with Crippen molar-refractivity contribution in [1.29, 1.82) is 5.26 Å². The molecule has 2 N–H and O–H groups in total. The molecule has 0 aliphatic carbocycles. The first-order valence-corrected chi connectivity index (χ1v) is 4.55. The van der Waals surface area contributed by atoms with Crippen LogP contribution in [-0.2, 0) is 17.6 Å². The highest BCUT2D eigenvalue weighted by molar-refractivity contribution is 5.71. The van der Waals surface area contributed by atoms with E-state index in [9.17, 15) is 9.90 Å². The second kappa shape index (κ2) is 4.47. The molecule has 4 heteroatoms. The lowest BCUT2D eigenvalue weighted by molar-refractivity contribution is -0.136. The van der Waals surface area contributed by atoms with Gasteiger partial charge in [0.1, 0.15) is 5.75 Å². The van der Waals surface area contributed by atoms with Crippen molar-refractivity contribution in [2.75, 3.05) is 0 Å². The minimum atomic E-state index is -0.973. The Balaban J connectivity index is 3.30. The molecule has 0 heterocycles. The van der Waals surface area contributed by atoms with Crippen molar-refractivity contribution < 1.29 is 15.0 Å². The maximum absolute atomic E-state index is 10.6. The van der Waals surface area contributed by atoms with Gasteiger partial charge >= 0.3 is 5.97 Å². The van der Waals surface area contributed by atoms with Gasteiger partial charge in [0.2, 0.25) is 0 Å². The second-order valence-corrected chi connectivity index (χ2v) is 3.17. The fourth-order valence-electron chi connectivity index (χ4n) is 1.55. The molecule has 0 radical (unpaired) electrons. The van der Waals surface area contributed by atoms with E-state index in [1.807, 2.05) is 13.0 Å². The van der Waals surface area contributed by atoms with E-state index in [0.717, 1.165) is 0 Å². The SMILES string of the molecule is CCc1c(C#N)cc(O)cc1CC(=O)O. The molecule has 1 rings (SSSR count). The maximum Gasteiger partial charge on any atom is 0.307 e. The first kappa shape index (κ1) is 11.1. The summed E-state index contributed by atoms with van der Waals surface area (Å²) in [6.45, 7) is 1.85. The summed E-state index contributed by atoms with van der Waals surface area (Å²) in [7, 11) is 0. The number of carboxylic acids is 1. The van der Waals surface area contributed by atoms with Crippen LogP contribution in [-0.4, -0.2) is 16.2 Å². The number of carbonyl (C=O) groups is 1. The summed E-state index contributed by atoms with van der Waals surface area (Å²) in [5, 5.41) is 26.8. The van der Waals surface area contributed by atoms with Gasteiger partial charge < -0.3 is 10.2 Å². The van der Waals surface area contributed by atoms with Gasteiger partial charge in [0.05, 0.1) is 18.1 Å². The number of carboxylic acid groups (broad SMARTS) is 1. The predicted octanol–water partition coefficient (Wildman–Crippen LogP) is 1.45. The summed E-state index contributed by atoms with van der Waals surface area (Å²) in [4.78, 5) is 10.6. The third-order valence-electron chi connectivity index (χ3n) is 2.14. The first-order chi connectivity index (χ1) is 7.08. The number of phenolic OH excluding ortho intramolecular Hbond substituents is 1. The fraction of sp³-hybridized carbons (Fsp3) is 0.273. The van der Waals surface area contributed by atoms with Crippen LogP contribution in [0.3, 0.4) is 0 Å². The Kier molecular flexibility index (Phi) is 3.29. The highest BCUT2D eigenvalue weighted by atomic mass is 16.4. The van der Waals surface area contributed by atoms with Crippen molar-refractivity contribution >= 4 is 5.97 Å². The number of aromatic hydroxyl groups is 1. The summed E-state index contributed by atoms with van der Waals surface area (Å²) < 4.78 is 0. The minimum absolute atomic E-state index is 0.0694. The second-order valence-electron chi connectivity index (χ2n) is 3.17. The standard InChI is InChI=1S/C11H11NO3/c1-2-10-7(5-11(14)15)3-9(13)4-8(10)6-12/h3-4,13H,2,5H2,1H3,(H,14,15). The van der Waals surface area contributed by atoms with E-state index in [1.54, 1.807) is 0 Å². The Labute approximate surface area is 87.4 Å². The number of rotatable bonds is 3. The maximum atomic E-state index is 10.6. The molecule has 0 bridgehead atoms.